The maximum atomic E-state index is 4.19. The van der Waals surface area contributed by atoms with E-state index in [1.54, 1.807) is 0 Å². The van der Waals surface area contributed by atoms with Gasteiger partial charge in [-0.15, -0.1) is 0 Å². The van der Waals surface area contributed by atoms with Crippen LogP contribution in [-0.2, 0) is 0 Å². The van der Waals surface area contributed by atoms with Crippen LogP contribution >= 0.6 is 0 Å². The van der Waals surface area contributed by atoms with Gasteiger partial charge in [0.2, 0.25) is 0 Å². The lowest BCUT2D eigenvalue weighted by atomic mass is 10.1. The van der Waals surface area contributed by atoms with Gasteiger partial charge < -0.3 is 0 Å². The zero-order valence-electron chi connectivity index (χ0n) is 8.28. The van der Waals surface area contributed by atoms with Crippen LogP contribution in [0.15, 0.2) is 18.7 Å². The molecule has 0 spiro atoms. The van der Waals surface area contributed by atoms with E-state index in [9.17, 15) is 0 Å². The molecule has 0 saturated heterocycles. The van der Waals surface area contributed by atoms with E-state index in [1.165, 1.54) is 5.56 Å². The monoisotopic (exact) mass is 165 g/mol. The maximum absolute atomic E-state index is 4.19. The summed E-state index contributed by atoms with van der Waals surface area (Å²) in [6.07, 6.45) is 5.97. The van der Waals surface area contributed by atoms with Gasteiger partial charge in [-0.25, -0.2) is 4.57 Å². The van der Waals surface area contributed by atoms with Crippen molar-refractivity contribution < 1.29 is 4.57 Å². The van der Waals surface area contributed by atoms with Crippen molar-refractivity contribution in [1.29, 1.82) is 0 Å². The number of hydrogen-bond acceptors (Lipinski definition) is 1. The minimum atomic E-state index is 0.496. The highest BCUT2D eigenvalue weighted by atomic mass is 15.0. The van der Waals surface area contributed by atoms with Crippen LogP contribution in [-0.4, -0.2) is 4.98 Å². The van der Waals surface area contributed by atoms with Gasteiger partial charge in [-0.05, 0) is 19.8 Å². The fourth-order valence-electron chi connectivity index (χ4n) is 1.02. The number of hydrogen-bond donors (Lipinski definition) is 0. The SMILES string of the molecule is CC(C)c1cnc[n+](C(C)C)c1. The Hall–Kier alpha value is -0.920. The Kier molecular flexibility index (Phi) is 2.79. The molecule has 1 aromatic rings. The van der Waals surface area contributed by atoms with Crippen molar-refractivity contribution in [1.82, 2.24) is 4.98 Å². The van der Waals surface area contributed by atoms with E-state index in [0.717, 1.165) is 0 Å². The van der Waals surface area contributed by atoms with Gasteiger partial charge in [0, 0.05) is 5.56 Å². The number of rotatable bonds is 2. The molecule has 0 unspecified atom stereocenters. The maximum Gasteiger partial charge on any atom is 0.286 e. The smallest absolute Gasteiger partial charge is 0.235 e. The van der Waals surface area contributed by atoms with Crippen LogP contribution in [0.4, 0.5) is 0 Å². The summed E-state index contributed by atoms with van der Waals surface area (Å²) < 4.78 is 2.13. The number of nitrogens with zero attached hydrogens (tertiary/aromatic N) is 2. The van der Waals surface area contributed by atoms with Gasteiger partial charge in [0.1, 0.15) is 6.20 Å². The Bertz CT molecular complexity index is 231. The van der Waals surface area contributed by atoms with Gasteiger partial charge in [0.15, 0.2) is 0 Å². The molecule has 0 radical (unpaired) electrons. The molecular formula is C10H17N2+. The average molecular weight is 165 g/mol. The highest BCUT2D eigenvalue weighted by molar-refractivity contribution is 5.04. The van der Waals surface area contributed by atoms with Crippen molar-refractivity contribution in [3.63, 3.8) is 0 Å². The van der Waals surface area contributed by atoms with Crippen molar-refractivity contribution in [2.75, 3.05) is 0 Å². The second-order valence-electron chi connectivity index (χ2n) is 3.72. The average Bonchev–Trinajstić information content (AvgIpc) is 2.04. The van der Waals surface area contributed by atoms with E-state index in [-0.39, 0.29) is 0 Å². The molecule has 0 atom stereocenters. The van der Waals surface area contributed by atoms with E-state index >= 15 is 0 Å². The molecule has 12 heavy (non-hydrogen) atoms. The molecule has 0 aliphatic heterocycles. The van der Waals surface area contributed by atoms with Crippen LogP contribution in [0.5, 0.6) is 0 Å². The van der Waals surface area contributed by atoms with Crippen molar-refractivity contribution >= 4 is 0 Å². The third kappa shape index (κ3) is 2.03. The predicted molar refractivity (Wildman–Crippen MR) is 48.9 cm³/mol. The van der Waals surface area contributed by atoms with Gasteiger partial charge in [0.05, 0.1) is 12.2 Å². The van der Waals surface area contributed by atoms with Gasteiger partial charge in [-0.1, -0.05) is 18.8 Å². The Morgan fingerprint density at radius 1 is 1.25 bits per heavy atom. The molecule has 0 aliphatic carbocycles. The molecular weight excluding hydrogens is 148 g/mol. The normalized spacial score (nSPS) is 11.2. The first-order valence-electron chi connectivity index (χ1n) is 4.47. The predicted octanol–water partition coefficient (Wildman–Crippen LogP) is 2.07. The molecule has 0 bridgehead atoms. The van der Waals surface area contributed by atoms with Gasteiger partial charge in [-0.2, -0.15) is 0 Å². The largest absolute Gasteiger partial charge is 0.286 e. The second-order valence-corrected chi connectivity index (χ2v) is 3.72. The summed E-state index contributed by atoms with van der Waals surface area (Å²) in [4.78, 5) is 4.19. The van der Waals surface area contributed by atoms with Gasteiger partial charge in [-0.3, -0.25) is 0 Å². The first-order chi connectivity index (χ1) is 5.61. The Morgan fingerprint density at radius 2 is 1.92 bits per heavy atom. The molecule has 1 aromatic heterocycles. The van der Waals surface area contributed by atoms with Crippen molar-refractivity contribution in [2.24, 2.45) is 0 Å². The fraction of sp³-hybridized carbons (Fsp3) is 0.600. The molecule has 0 saturated carbocycles. The Labute approximate surface area is 74.3 Å². The molecule has 2 heteroatoms. The molecule has 66 valence electrons. The minimum Gasteiger partial charge on any atom is -0.235 e. The summed E-state index contributed by atoms with van der Waals surface area (Å²) in [6.45, 7) is 8.68. The summed E-state index contributed by atoms with van der Waals surface area (Å²) in [5, 5.41) is 0. The van der Waals surface area contributed by atoms with Crippen molar-refractivity contribution in [3.05, 3.63) is 24.3 Å². The quantitative estimate of drug-likeness (QED) is 0.613. The molecule has 1 heterocycles. The summed E-state index contributed by atoms with van der Waals surface area (Å²) in [7, 11) is 0. The van der Waals surface area contributed by atoms with Crippen molar-refractivity contribution in [2.45, 2.75) is 39.7 Å². The van der Waals surface area contributed by atoms with Crippen LogP contribution in [0.25, 0.3) is 0 Å². The van der Waals surface area contributed by atoms with E-state index in [1.807, 2.05) is 12.5 Å². The van der Waals surface area contributed by atoms with Gasteiger partial charge >= 0.3 is 0 Å². The van der Waals surface area contributed by atoms with Crippen LogP contribution in [0, 0.1) is 0 Å². The Balaban J connectivity index is 2.96. The van der Waals surface area contributed by atoms with Crippen LogP contribution in [0.2, 0.25) is 0 Å². The first-order valence-corrected chi connectivity index (χ1v) is 4.47. The van der Waals surface area contributed by atoms with E-state index in [0.29, 0.717) is 12.0 Å². The van der Waals surface area contributed by atoms with Gasteiger partial charge in [0.25, 0.3) is 6.33 Å². The Morgan fingerprint density at radius 3 is 2.42 bits per heavy atom. The van der Waals surface area contributed by atoms with E-state index < -0.39 is 0 Å². The lowest BCUT2D eigenvalue weighted by Crippen LogP contribution is -2.36. The first kappa shape index (κ1) is 9.17. The van der Waals surface area contributed by atoms with Crippen LogP contribution in [0.3, 0.4) is 0 Å². The highest BCUT2D eigenvalue weighted by Gasteiger charge is 2.07. The summed E-state index contributed by atoms with van der Waals surface area (Å²) in [5.41, 5.74) is 1.30. The molecule has 0 aromatic carbocycles. The van der Waals surface area contributed by atoms with E-state index in [4.69, 9.17) is 0 Å². The minimum absolute atomic E-state index is 0.496. The molecule has 0 fully saturated rings. The highest BCUT2D eigenvalue weighted by Crippen LogP contribution is 2.09. The molecule has 0 amide bonds. The third-order valence-electron chi connectivity index (χ3n) is 1.98. The van der Waals surface area contributed by atoms with E-state index in [2.05, 4.69) is 43.4 Å². The zero-order valence-corrected chi connectivity index (χ0v) is 8.28. The summed E-state index contributed by atoms with van der Waals surface area (Å²) in [6, 6.07) is 0.496. The molecule has 0 aliphatic rings. The van der Waals surface area contributed by atoms with Crippen LogP contribution < -0.4 is 4.57 Å². The molecule has 0 N–H and O–H groups in total. The lowest BCUT2D eigenvalue weighted by molar-refractivity contribution is -0.719. The fourth-order valence-corrected chi connectivity index (χ4v) is 1.02. The standard InChI is InChI=1S/C10H17N2/c1-8(2)10-5-11-7-12(6-10)9(3)4/h5-9H,1-4H3/q+1. The van der Waals surface area contributed by atoms with Crippen molar-refractivity contribution in [3.8, 4) is 0 Å². The summed E-state index contributed by atoms with van der Waals surface area (Å²) >= 11 is 0. The second kappa shape index (κ2) is 3.65. The zero-order chi connectivity index (χ0) is 9.14. The lowest BCUT2D eigenvalue weighted by Gasteiger charge is -2.05. The molecule has 1 rings (SSSR count). The van der Waals surface area contributed by atoms with Crippen LogP contribution in [0.1, 0.15) is 45.2 Å². The topological polar surface area (TPSA) is 16.8 Å². The number of aromatic nitrogens is 2. The molecule has 2 nitrogen and oxygen atoms in total. The third-order valence-corrected chi connectivity index (χ3v) is 1.98. The summed E-state index contributed by atoms with van der Waals surface area (Å²) in [5.74, 6) is 0.559.